The Labute approximate surface area is 103 Å². The number of aryl methyl sites for hydroxylation is 2. The van der Waals surface area contributed by atoms with Gasteiger partial charge in [-0.3, -0.25) is 0 Å². The molecule has 1 N–H and O–H groups in total. The van der Waals surface area contributed by atoms with Crippen molar-refractivity contribution < 1.29 is 14.6 Å². The van der Waals surface area contributed by atoms with E-state index in [1.54, 1.807) is 14.2 Å². The molecule has 0 fully saturated rings. The second-order valence-corrected chi connectivity index (χ2v) is 4.89. The summed E-state index contributed by atoms with van der Waals surface area (Å²) in [6.45, 7) is 7.67. The molecule has 0 spiro atoms. The lowest BCUT2D eigenvalue weighted by atomic mass is 9.90. The van der Waals surface area contributed by atoms with Crippen molar-refractivity contribution in [3.8, 4) is 5.75 Å². The van der Waals surface area contributed by atoms with E-state index in [1.807, 2.05) is 39.8 Å². The molecular weight excluding hydrogens is 216 g/mol. The van der Waals surface area contributed by atoms with Crippen LogP contribution in [0.25, 0.3) is 0 Å². The molecule has 1 unspecified atom stereocenters. The Morgan fingerprint density at radius 2 is 1.71 bits per heavy atom. The van der Waals surface area contributed by atoms with Crippen LogP contribution in [0.2, 0.25) is 0 Å². The minimum absolute atomic E-state index is 0.605. The topological polar surface area (TPSA) is 38.7 Å². The largest absolute Gasteiger partial charge is 0.496 e. The summed E-state index contributed by atoms with van der Waals surface area (Å²) in [6.07, 6.45) is -0.655. The summed E-state index contributed by atoms with van der Waals surface area (Å²) in [6, 6.07) is 3.90. The van der Waals surface area contributed by atoms with Crippen LogP contribution in [0.4, 0.5) is 0 Å². The number of hydrogen-bond acceptors (Lipinski definition) is 3. The second-order valence-electron chi connectivity index (χ2n) is 4.89. The van der Waals surface area contributed by atoms with Gasteiger partial charge < -0.3 is 14.6 Å². The van der Waals surface area contributed by atoms with Gasteiger partial charge in [-0.15, -0.1) is 0 Å². The summed E-state index contributed by atoms with van der Waals surface area (Å²) < 4.78 is 10.6. The molecule has 0 amide bonds. The van der Waals surface area contributed by atoms with Crippen molar-refractivity contribution >= 4 is 0 Å². The average molecular weight is 238 g/mol. The molecule has 0 radical (unpaired) electrons. The Morgan fingerprint density at radius 1 is 1.12 bits per heavy atom. The second kappa shape index (κ2) is 5.07. The van der Waals surface area contributed by atoms with E-state index in [9.17, 15) is 5.11 Å². The van der Waals surface area contributed by atoms with E-state index in [-0.39, 0.29) is 0 Å². The van der Waals surface area contributed by atoms with Gasteiger partial charge in [-0.1, -0.05) is 0 Å². The Bertz CT molecular complexity index is 397. The summed E-state index contributed by atoms with van der Waals surface area (Å²) in [7, 11) is 3.26. The number of rotatable bonds is 4. The van der Waals surface area contributed by atoms with Crippen LogP contribution in [0, 0.1) is 13.8 Å². The van der Waals surface area contributed by atoms with Crippen LogP contribution < -0.4 is 4.74 Å². The standard InChI is InChI=1S/C14H22O3/c1-9-8-12(16-5)10(2)7-11(9)13(15)14(3,4)17-6/h7-8,13,15H,1-6H3. The highest BCUT2D eigenvalue weighted by Crippen LogP contribution is 2.33. The molecule has 0 aliphatic heterocycles. The minimum atomic E-state index is -0.655. The third kappa shape index (κ3) is 2.79. The van der Waals surface area contributed by atoms with Crippen molar-refractivity contribution in [3.63, 3.8) is 0 Å². The maximum Gasteiger partial charge on any atom is 0.122 e. The Kier molecular flexibility index (Phi) is 4.17. The van der Waals surface area contributed by atoms with Gasteiger partial charge in [-0.25, -0.2) is 0 Å². The number of aliphatic hydroxyl groups is 1. The van der Waals surface area contributed by atoms with Gasteiger partial charge >= 0.3 is 0 Å². The molecule has 0 bridgehead atoms. The maximum atomic E-state index is 10.4. The number of hydrogen-bond donors (Lipinski definition) is 1. The van der Waals surface area contributed by atoms with Crippen molar-refractivity contribution in [2.45, 2.75) is 39.4 Å². The van der Waals surface area contributed by atoms with Gasteiger partial charge in [-0.2, -0.15) is 0 Å². The predicted molar refractivity (Wildman–Crippen MR) is 68.5 cm³/mol. The van der Waals surface area contributed by atoms with E-state index in [4.69, 9.17) is 9.47 Å². The molecule has 17 heavy (non-hydrogen) atoms. The minimum Gasteiger partial charge on any atom is -0.496 e. The summed E-state index contributed by atoms with van der Waals surface area (Å²) in [5.41, 5.74) is 2.30. The lowest BCUT2D eigenvalue weighted by Gasteiger charge is -2.30. The SMILES string of the molecule is COc1cc(C)c(C(O)C(C)(C)OC)cc1C. The lowest BCUT2D eigenvalue weighted by Crippen LogP contribution is -2.31. The quantitative estimate of drug-likeness (QED) is 0.876. The van der Waals surface area contributed by atoms with Gasteiger partial charge in [0.1, 0.15) is 11.9 Å². The smallest absolute Gasteiger partial charge is 0.122 e. The summed E-state index contributed by atoms with van der Waals surface area (Å²) >= 11 is 0. The summed E-state index contributed by atoms with van der Waals surface area (Å²) in [4.78, 5) is 0. The number of ether oxygens (including phenoxy) is 2. The number of aliphatic hydroxyl groups excluding tert-OH is 1. The van der Waals surface area contributed by atoms with E-state index in [1.165, 1.54) is 0 Å². The van der Waals surface area contributed by atoms with Gasteiger partial charge in [0, 0.05) is 7.11 Å². The highest BCUT2D eigenvalue weighted by Gasteiger charge is 2.30. The monoisotopic (exact) mass is 238 g/mol. The molecule has 0 aromatic heterocycles. The first-order valence-corrected chi connectivity index (χ1v) is 5.71. The van der Waals surface area contributed by atoms with Gasteiger partial charge in [0.15, 0.2) is 0 Å². The number of methoxy groups -OCH3 is 2. The third-order valence-corrected chi connectivity index (χ3v) is 3.26. The van der Waals surface area contributed by atoms with E-state index >= 15 is 0 Å². The van der Waals surface area contributed by atoms with Crippen LogP contribution >= 0.6 is 0 Å². The zero-order valence-corrected chi connectivity index (χ0v) is 11.5. The highest BCUT2D eigenvalue weighted by molar-refractivity contribution is 5.43. The van der Waals surface area contributed by atoms with Gasteiger partial charge in [0.05, 0.1) is 12.7 Å². The average Bonchev–Trinajstić information content (AvgIpc) is 2.30. The fraction of sp³-hybridized carbons (Fsp3) is 0.571. The van der Waals surface area contributed by atoms with E-state index in [2.05, 4.69) is 0 Å². The Morgan fingerprint density at radius 3 is 2.18 bits per heavy atom. The van der Waals surface area contributed by atoms with Crippen molar-refractivity contribution in [2.24, 2.45) is 0 Å². The molecular formula is C14H22O3. The molecule has 0 aliphatic rings. The van der Waals surface area contributed by atoms with Crippen molar-refractivity contribution in [2.75, 3.05) is 14.2 Å². The number of benzene rings is 1. The van der Waals surface area contributed by atoms with Crippen LogP contribution in [0.3, 0.4) is 0 Å². The zero-order chi connectivity index (χ0) is 13.2. The normalized spacial score (nSPS) is 13.6. The van der Waals surface area contributed by atoms with Crippen molar-refractivity contribution in [1.82, 2.24) is 0 Å². The first-order valence-electron chi connectivity index (χ1n) is 5.71. The molecule has 0 saturated carbocycles. The molecule has 1 atom stereocenters. The molecule has 1 aromatic carbocycles. The molecule has 3 heteroatoms. The van der Waals surface area contributed by atoms with Crippen LogP contribution in [-0.4, -0.2) is 24.9 Å². The molecule has 0 aliphatic carbocycles. The zero-order valence-electron chi connectivity index (χ0n) is 11.5. The molecule has 0 saturated heterocycles. The van der Waals surface area contributed by atoms with E-state index in [0.717, 1.165) is 22.4 Å². The van der Waals surface area contributed by atoms with E-state index in [0.29, 0.717) is 0 Å². The Balaban J connectivity index is 3.19. The van der Waals surface area contributed by atoms with Gasteiger partial charge in [-0.05, 0) is 56.5 Å². The summed E-state index contributed by atoms with van der Waals surface area (Å²) in [5, 5.41) is 10.4. The Hall–Kier alpha value is -1.06. The van der Waals surface area contributed by atoms with Gasteiger partial charge in [0.25, 0.3) is 0 Å². The van der Waals surface area contributed by atoms with Crippen LogP contribution in [-0.2, 0) is 4.74 Å². The highest BCUT2D eigenvalue weighted by atomic mass is 16.5. The van der Waals surface area contributed by atoms with Crippen LogP contribution in [0.15, 0.2) is 12.1 Å². The van der Waals surface area contributed by atoms with E-state index < -0.39 is 11.7 Å². The fourth-order valence-electron chi connectivity index (χ4n) is 1.81. The molecule has 0 heterocycles. The first kappa shape index (κ1) is 14.0. The van der Waals surface area contributed by atoms with Crippen molar-refractivity contribution in [3.05, 3.63) is 28.8 Å². The maximum absolute atomic E-state index is 10.4. The first-order chi connectivity index (χ1) is 7.83. The molecule has 3 nitrogen and oxygen atoms in total. The molecule has 1 aromatic rings. The third-order valence-electron chi connectivity index (χ3n) is 3.26. The fourth-order valence-corrected chi connectivity index (χ4v) is 1.81. The summed E-state index contributed by atoms with van der Waals surface area (Å²) in [5.74, 6) is 0.841. The molecule has 1 rings (SSSR count). The van der Waals surface area contributed by atoms with Crippen molar-refractivity contribution in [1.29, 1.82) is 0 Å². The van der Waals surface area contributed by atoms with Gasteiger partial charge in [0.2, 0.25) is 0 Å². The van der Waals surface area contributed by atoms with Crippen LogP contribution in [0.5, 0.6) is 5.75 Å². The lowest BCUT2D eigenvalue weighted by molar-refractivity contribution is -0.0795. The predicted octanol–water partition coefficient (Wildman–Crippen LogP) is 2.77. The van der Waals surface area contributed by atoms with Crippen LogP contribution in [0.1, 0.15) is 36.6 Å². The molecule has 96 valence electrons.